The number of aliphatic hydroxyl groups excluding tert-OH is 1. The van der Waals surface area contributed by atoms with Gasteiger partial charge in [-0.25, -0.2) is 0 Å². The number of aliphatic hydroxyl groups is 1. The summed E-state index contributed by atoms with van der Waals surface area (Å²) in [5.74, 6) is -1.18. The molecular weight excluding hydrogens is 357 g/mol. The third kappa shape index (κ3) is 3.65. The zero-order valence-electron chi connectivity index (χ0n) is 14.0. The van der Waals surface area contributed by atoms with Crippen LogP contribution in [-0.2, 0) is 16.4 Å². The number of alkyl halides is 3. The maximum absolute atomic E-state index is 12.6. The number of benzene rings is 2. The van der Waals surface area contributed by atoms with E-state index in [0.29, 0.717) is 12.8 Å². The number of carbonyl (C=O) groups excluding carboxylic acids is 1. The number of nitrogens with zero attached hydrogens (tertiary/aromatic N) is 1. The number of nitrogens with one attached hydrogen (secondary N) is 1. The van der Waals surface area contributed by atoms with Crippen LogP contribution in [0.3, 0.4) is 0 Å². The first-order valence-electron chi connectivity index (χ1n) is 8.16. The van der Waals surface area contributed by atoms with Gasteiger partial charge in [0.05, 0.1) is 11.0 Å². The third-order valence-electron chi connectivity index (χ3n) is 4.58. The predicted octanol–water partition coefficient (Wildman–Crippen LogP) is 4.71. The normalized spacial score (nSPS) is 16.1. The quantitative estimate of drug-likeness (QED) is 0.464. The van der Waals surface area contributed by atoms with Crippen molar-refractivity contribution in [3.05, 3.63) is 77.1 Å². The summed E-state index contributed by atoms with van der Waals surface area (Å²) in [4.78, 5) is 12.4. The smallest absolute Gasteiger partial charge is 0.416 e. The molecule has 2 N–H and O–H groups in total. The van der Waals surface area contributed by atoms with Gasteiger partial charge >= 0.3 is 6.18 Å². The van der Waals surface area contributed by atoms with Crippen molar-refractivity contribution in [2.75, 3.05) is 5.32 Å². The van der Waals surface area contributed by atoms with E-state index in [4.69, 9.17) is 0 Å². The number of nitriles is 1. The van der Waals surface area contributed by atoms with Gasteiger partial charge in [-0.3, -0.25) is 4.79 Å². The second-order valence-electron chi connectivity index (χ2n) is 6.31. The summed E-state index contributed by atoms with van der Waals surface area (Å²) in [6.07, 6.45) is -3.28. The number of hydrogen-bond donors (Lipinski definition) is 2. The summed E-state index contributed by atoms with van der Waals surface area (Å²) in [5.41, 5.74) is -1.16. The molecular formula is C20H15F3N2O2. The van der Waals surface area contributed by atoms with Crippen LogP contribution in [0.15, 0.2) is 65.9 Å². The number of carbonyl (C=O) groups is 1. The van der Waals surface area contributed by atoms with Crippen molar-refractivity contribution >= 4 is 11.6 Å². The standard InChI is InChI=1S/C20H15F3N2O2/c21-20(22,23)14-6-8-15(9-7-14)25-18(27)16(12-24)17(26)19(10-11-19)13-4-2-1-3-5-13/h1-9,26H,10-11H2,(H,25,27)/b17-16+. The average molecular weight is 372 g/mol. The minimum atomic E-state index is -4.48. The molecule has 0 unspecified atom stereocenters. The van der Waals surface area contributed by atoms with E-state index in [-0.39, 0.29) is 11.4 Å². The van der Waals surface area contributed by atoms with Gasteiger partial charge in [-0.15, -0.1) is 0 Å². The maximum Gasteiger partial charge on any atom is 0.416 e. The van der Waals surface area contributed by atoms with Crippen LogP contribution in [0.5, 0.6) is 0 Å². The molecule has 3 rings (SSSR count). The number of allylic oxidation sites excluding steroid dienone is 1. The molecule has 138 valence electrons. The highest BCUT2D eigenvalue weighted by Gasteiger charge is 2.50. The van der Waals surface area contributed by atoms with Crippen molar-refractivity contribution in [2.24, 2.45) is 0 Å². The van der Waals surface area contributed by atoms with Crippen LogP contribution < -0.4 is 5.32 Å². The van der Waals surface area contributed by atoms with Crippen molar-refractivity contribution in [3.8, 4) is 6.07 Å². The Hall–Kier alpha value is -3.27. The largest absolute Gasteiger partial charge is 0.510 e. The molecule has 1 saturated carbocycles. The molecule has 0 bridgehead atoms. The first-order chi connectivity index (χ1) is 12.8. The molecule has 7 heteroatoms. The highest BCUT2D eigenvalue weighted by molar-refractivity contribution is 6.07. The van der Waals surface area contributed by atoms with Crippen LogP contribution in [0.1, 0.15) is 24.0 Å². The van der Waals surface area contributed by atoms with Crippen molar-refractivity contribution in [3.63, 3.8) is 0 Å². The molecule has 1 fully saturated rings. The Balaban J connectivity index is 1.84. The van der Waals surface area contributed by atoms with E-state index < -0.39 is 28.6 Å². The topological polar surface area (TPSA) is 73.1 Å². The van der Waals surface area contributed by atoms with Crippen molar-refractivity contribution < 1.29 is 23.1 Å². The summed E-state index contributed by atoms with van der Waals surface area (Å²) in [5, 5.41) is 22.3. The molecule has 1 aliphatic rings. The van der Waals surface area contributed by atoms with Crippen molar-refractivity contribution in [1.82, 2.24) is 0 Å². The van der Waals surface area contributed by atoms with E-state index >= 15 is 0 Å². The second-order valence-corrected chi connectivity index (χ2v) is 6.31. The number of hydrogen-bond acceptors (Lipinski definition) is 3. The molecule has 0 spiro atoms. The van der Waals surface area contributed by atoms with Gasteiger partial charge in [-0.05, 0) is 42.7 Å². The van der Waals surface area contributed by atoms with Crippen LogP contribution in [0, 0.1) is 11.3 Å². The zero-order chi connectivity index (χ0) is 19.7. The van der Waals surface area contributed by atoms with E-state index in [1.807, 2.05) is 18.2 Å². The fourth-order valence-corrected chi connectivity index (χ4v) is 2.93. The SMILES string of the molecule is N#C/C(C(=O)Nc1ccc(C(F)(F)F)cc1)=C(\O)C1(c2ccccc2)CC1. The number of halogens is 3. The van der Waals surface area contributed by atoms with Crippen LogP contribution >= 0.6 is 0 Å². The zero-order valence-corrected chi connectivity index (χ0v) is 14.0. The highest BCUT2D eigenvalue weighted by Crippen LogP contribution is 2.53. The van der Waals surface area contributed by atoms with Crippen LogP contribution in [0.2, 0.25) is 0 Å². The van der Waals surface area contributed by atoms with Crippen LogP contribution in [-0.4, -0.2) is 11.0 Å². The summed E-state index contributed by atoms with van der Waals surface area (Å²) >= 11 is 0. The predicted molar refractivity (Wildman–Crippen MR) is 92.7 cm³/mol. The molecule has 0 saturated heterocycles. The van der Waals surface area contributed by atoms with E-state index in [0.717, 1.165) is 29.8 Å². The van der Waals surface area contributed by atoms with Gasteiger partial charge in [0.15, 0.2) is 5.57 Å². The highest BCUT2D eigenvalue weighted by atomic mass is 19.4. The van der Waals surface area contributed by atoms with Gasteiger partial charge < -0.3 is 10.4 Å². The fraction of sp³-hybridized carbons (Fsp3) is 0.200. The Labute approximate surface area is 153 Å². The molecule has 1 amide bonds. The third-order valence-corrected chi connectivity index (χ3v) is 4.58. The maximum atomic E-state index is 12.6. The lowest BCUT2D eigenvalue weighted by Crippen LogP contribution is -2.20. The van der Waals surface area contributed by atoms with Gasteiger partial charge in [0.2, 0.25) is 0 Å². The van der Waals surface area contributed by atoms with E-state index in [9.17, 15) is 28.3 Å². The van der Waals surface area contributed by atoms with Gasteiger partial charge in [-0.2, -0.15) is 18.4 Å². The summed E-state index contributed by atoms with van der Waals surface area (Å²) < 4.78 is 37.8. The Morgan fingerprint density at radius 3 is 2.15 bits per heavy atom. The lowest BCUT2D eigenvalue weighted by Gasteiger charge is -2.16. The molecule has 0 atom stereocenters. The van der Waals surface area contributed by atoms with Crippen LogP contribution in [0.25, 0.3) is 0 Å². The monoisotopic (exact) mass is 372 g/mol. The van der Waals surface area contributed by atoms with E-state index in [1.165, 1.54) is 0 Å². The lowest BCUT2D eigenvalue weighted by molar-refractivity contribution is -0.137. The van der Waals surface area contributed by atoms with Crippen molar-refractivity contribution in [2.45, 2.75) is 24.4 Å². The number of anilines is 1. The minimum absolute atomic E-state index is 0.0955. The van der Waals surface area contributed by atoms with E-state index in [1.54, 1.807) is 18.2 Å². The molecule has 0 radical (unpaired) electrons. The second kappa shape index (κ2) is 6.80. The number of amides is 1. The molecule has 27 heavy (non-hydrogen) atoms. The average Bonchev–Trinajstić information content (AvgIpc) is 3.44. The Kier molecular flexibility index (Phi) is 4.66. The summed E-state index contributed by atoms with van der Waals surface area (Å²) in [6.45, 7) is 0. The van der Waals surface area contributed by atoms with Gasteiger partial charge in [0.1, 0.15) is 11.8 Å². The molecule has 1 aliphatic carbocycles. The van der Waals surface area contributed by atoms with Gasteiger partial charge in [0.25, 0.3) is 5.91 Å². The van der Waals surface area contributed by atoms with Gasteiger partial charge in [0, 0.05) is 5.69 Å². The molecule has 0 heterocycles. The summed E-state index contributed by atoms with van der Waals surface area (Å²) in [6, 6.07) is 14.6. The molecule has 2 aromatic rings. The summed E-state index contributed by atoms with van der Waals surface area (Å²) in [7, 11) is 0. The van der Waals surface area contributed by atoms with Crippen LogP contribution in [0.4, 0.5) is 18.9 Å². The molecule has 4 nitrogen and oxygen atoms in total. The van der Waals surface area contributed by atoms with Gasteiger partial charge in [-0.1, -0.05) is 30.3 Å². The Bertz CT molecular complexity index is 922. The molecule has 0 aromatic heterocycles. The first kappa shape index (κ1) is 18.5. The van der Waals surface area contributed by atoms with E-state index in [2.05, 4.69) is 5.32 Å². The first-order valence-corrected chi connectivity index (χ1v) is 8.16. The Morgan fingerprint density at radius 1 is 1.07 bits per heavy atom. The molecule has 2 aromatic carbocycles. The van der Waals surface area contributed by atoms with Crippen molar-refractivity contribution in [1.29, 1.82) is 5.26 Å². The minimum Gasteiger partial charge on any atom is -0.510 e. The Morgan fingerprint density at radius 2 is 1.67 bits per heavy atom. The fourth-order valence-electron chi connectivity index (χ4n) is 2.93. The lowest BCUT2D eigenvalue weighted by atomic mass is 9.91. The number of rotatable bonds is 4. The molecule has 0 aliphatic heterocycles.